The van der Waals surface area contributed by atoms with Crippen LogP contribution in [-0.2, 0) is 18.0 Å². The normalized spacial score (nSPS) is 15.1. The summed E-state index contributed by atoms with van der Waals surface area (Å²) in [6.45, 7) is 8.66. The predicted molar refractivity (Wildman–Crippen MR) is 140 cm³/mol. The number of hydrogen-bond donors (Lipinski definition) is 1. The first kappa shape index (κ1) is 23.7. The summed E-state index contributed by atoms with van der Waals surface area (Å²) in [6, 6.07) is 13.4. The zero-order valence-corrected chi connectivity index (χ0v) is 21.3. The summed E-state index contributed by atoms with van der Waals surface area (Å²) in [4.78, 5) is 17.5. The molecular weight excluding hydrogens is 426 g/mol. The lowest BCUT2D eigenvalue weighted by Crippen LogP contribution is -2.24. The van der Waals surface area contributed by atoms with E-state index in [0.29, 0.717) is 31.2 Å². The van der Waals surface area contributed by atoms with Crippen LogP contribution in [-0.4, -0.2) is 24.2 Å². The number of aromatic nitrogens is 2. The second-order valence-corrected chi connectivity index (χ2v) is 16.1. The summed E-state index contributed by atoms with van der Waals surface area (Å²) < 4.78 is 7.41. The Balaban J connectivity index is 1.35. The molecule has 4 rings (SSSR count). The molecule has 1 aliphatic carbocycles. The van der Waals surface area contributed by atoms with Gasteiger partial charge in [0.15, 0.2) is 0 Å². The van der Waals surface area contributed by atoms with E-state index >= 15 is 0 Å². The van der Waals surface area contributed by atoms with Crippen molar-refractivity contribution in [1.29, 1.82) is 0 Å². The topological polar surface area (TPSA) is 56.1 Å². The zero-order chi connectivity index (χ0) is 23.3. The fourth-order valence-electron chi connectivity index (χ4n) is 4.45. The van der Waals surface area contributed by atoms with Gasteiger partial charge in [-0.05, 0) is 66.1 Å². The first-order valence-corrected chi connectivity index (χ1v) is 16.0. The summed E-state index contributed by atoms with van der Waals surface area (Å²) in [7, 11) is -1.13. The molecule has 2 heterocycles. The highest BCUT2D eigenvalue weighted by molar-refractivity contribution is 6.76. The van der Waals surface area contributed by atoms with Crippen LogP contribution in [0.4, 0.5) is 5.69 Å². The summed E-state index contributed by atoms with van der Waals surface area (Å²) in [5, 5.41) is 5.10. The standard InChI is InChI=1S/C27H37N3O2Si/c1-33(2,3)16-15-32-20-30-14-13-22-17-24(11-12-26(22)27(30)31)29-19-25-10-9-23(18-28-25)21-7-5-4-6-8-21/h9-14,17-18,21,29H,4-8,15-16,19-20H2,1-3H3. The number of nitrogens with zero attached hydrogens (tertiary/aromatic N) is 2. The van der Waals surface area contributed by atoms with Crippen molar-refractivity contribution in [2.45, 2.75) is 77.0 Å². The molecule has 33 heavy (non-hydrogen) atoms. The summed E-state index contributed by atoms with van der Waals surface area (Å²) >= 11 is 0. The molecule has 1 N–H and O–H groups in total. The highest BCUT2D eigenvalue weighted by Gasteiger charge is 2.15. The Bertz CT molecular complexity index is 1110. The smallest absolute Gasteiger partial charge is 0.260 e. The third kappa shape index (κ3) is 6.55. The van der Waals surface area contributed by atoms with Gasteiger partial charge in [-0.25, -0.2) is 0 Å². The minimum absolute atomic E-state index is 0.00739. The van der Waals surface area contributed by atoms with Crippen LogP contribution in [0.5, 0.6) is 0 Å². The molecule has 0 spiro atoms. The molecule has 0 aliphatic heterocycles. The predicted octanol–water partition coefficient (Wildman–Crippen LogP) is 6.37. The largest absolute Gasteiger partial charge is 0.379 e. The van der Waals surface area contributed by atoms with E-state index < -0.39 is 8.07 Å². The van der Waals surface area contributed by atoms with E-state index in [-0.39, 0.29) is 5.56 Å². The third-order valence-corrected chi connectivity index (χ3v) is 8.31. The number of nitrogens with one attached hydrogen (secondary N) is 1. The van der Waals surface area contributed by atoms with Crippen molar-refractivity contribution < 1.29 is 4.74 Å². The Labute approximate surface area is 198 Å². The minimum atomic E-state index is -1.13. The van der Waals surface area contributed by atoms with Crippen LogP contribution < -0.4 is 10.9 Å². The molecule has 0 saturated heterocycles. The van der Waals surface area contributed by atoms with Gasteiger partial charge in [-0.2, -0.15) is 0 Å². The van der Waals surface area contributed by atoms with Gasteiger partial charge in [-0.15, -0.1) is 0 Å². The molecule has 0 amide bonds. The molecule has 1 aromatic carbocycles. The van der Waals surface area contributed by atoms with Crippen LogP contribution in [0.15, 0.2) is 53.6 Å². The first-order chi connectivity index (χ1) is 15.9. The van der Waals surface area contributed by atoms with Crippen molar-refractivity contribution in [1.82, 2.24) is 9.55 Å². The Morgan fingerprint density at radius 3 is 2.64 bits per heavy atom. The van der Waals surface area contributed by atoms with Gasteiger partial charge in [0, 0.05) is 38.1 Å². The van der Waals surface area contributed by atoms with E-state index in [1.165, 1.54) is 37.7 Å². The lowest BCUT2D eigenvalue weighted by molar-refractivity contribution is 0.0851. The zero-order valence-electron chi connectivity index (χ0n) is 20.3. The molecule has 0 radical (unpaired) electrons. The average Bonchev–Trinajstić information content (AvgIpc) is 2.82. The van der Waals surface area contributed by atoms with Crippen molar-refractivity contribution in [2.75, 3.05) is 11.9 Å². The van der Waals surface area contributed by atoms with E-state index in [1.807, 2.05) is 30.5 Å². The highest BCUT2D eigenvalue weighted by Crippen LogP contribution is 2.32. The van der Waals surface area contributed by atoms with Crippen molar-refractivity contribution in [3.8, 4) is 0 Å². The lowest BCUT2D eigenvalue weighted by atomic mass is 9.85. The molecule has 2 aromatic heterocycles. The monoisotopic (exact) mass is 463 g/mol. The Morgan fingerprint density at radius 2 is 1.91 bits per heavy atom. The number of ether oxygens (including phenoxy) is 1. The quantitative estimate of drug-likeness (QED) is 0.296. The number of pyridine rings is 2. The van der Waals surface area contributed by atoms with Crippen LogP contribution in [0.1, 0.15) is 49.3 Å². The molecule has 0 atom stereocenters. The number of rotatable bonds is 9. The second kappa shape index (κ2) is 10.7. The van der Waals surface area contributed by atoms with Crippen molar-refractivity contribution >= 4 is 24.5 Å². The maximum atomic E-state index is 12.8. The van der Waals surface area contributed by atoms with E-state index in [4.69, 9.17) is 4.74 Å². The van der Waals surface area contributed by atoms with E-state index in [2.05, 4.69) is 48.3 Å². The SMILES string of the molecule is C[Si](C)(C)CCOCn1ccc2cc(NCc3ccc(C4CCCCC4)cn3)ccc2c1=O. The van der Waals surface area contributed by atoms with Gasteiger partial charge < -0.3 is 10.1 Å². The first-order valence-electron chi connectivity index (χ1n) is 12.3. The summed E-state index contributed by atoms with van der Waals surface area (Å²) in [6.07, 6.45) is 10.5. The van der Waals surface area contributed by atoms with Crippen molar-refractivity contribution in [3.63, 3.8) is 0 Å². The molecule has 5 nitrogen and oxygen atoms in total. The fraction of sp³-hybridized carbons (Fsp3) is 0.481. The molecule has 0 unspecified atom stereocenters. The van der Waals surface area contributed by atoms with Gasteiger partial charge in [-0.1, -0.05) is 45.0 Å². The van der Waals surface area contributed by atoms with Crippen LogP contribution >= 0.6 is 0 Å². The highest BCUT2D eigenvalue weighted by atomic mass is 28.3. The molecule has 6 heteroatoms. The third-order valence-electron chi connectivity index (χ3n) is 6.60. The number of fused-ring (bicyclic) bond motifs is 1. The lowest BCUT2D eigenvalue weighted by Gasteiger charge is -2.21. The van der Waals surface area contributed by atoms with Crippen LogP contribution in [0.3, 0.4) is 0 Å². The van der Waals surface area contributed by atoms with Crippen molar-refractivity contribution in [2.24, 2.45) is 0 Å². The van der Waals surface area contributed by atoms with E-state index in [0.717, 1.165) is 22.8 Å². The van der Waals surface area contributed by atoms with E-state index in [1.54, 1.807) is 4.57 Å². The molecule has 0 bridgehead atoms. The Kier molecular flexibility index (Phi) is 7.66. The van der Waals surface area contributed by atoms with Crippen LogP contribution in [0.25, 0.3) is 10.8 Å². The van der Waals surface area contributed by atoms with Crippen LogP contribution in [0, 0.1) is 0 Å². The van der Waals surface area contributed by atoms with Gasteiger partial charge in [0.25, 0.3) is 5.56 Å². The second-order valence-electron chi connectivity index (χ2n) is 10.5. The molecular formula is C27H37N3O2Si. The Hall–Kier alpha value is -2.44. The maximum absolute atomic E-state index is 12.8. The van der Waals surface area contributed by atoms with E-state index in [9.17, 15) is 4.79 Å². The molecule has 1 aliphatic rings. The van der Waals surface area contributed by atoms with Gasteiger partial charge in [-0.3, -0.25) is 14.3 Å². The maximum Gasteiger partial charge on any atom is 0.260 e. The van der Waals surface area contributed by atoms with Gasteiger partial charge in [0.2, 0.25) is 0 Å². The number of benzene rings is 1. The van der Waals surface area contributed by atoms with Crippen molar-refractivity contribution in [3.05, 3.63) is 70.4 Å². The molecule has 3 aromatic rings. The minimum Gasteiger partial charge on any atom is -0.379 e. The average molecular weight is 464 g/mol. The number of anilines is 1. The summed E-state index contributed by atoms with van der Waals surface area (Å²) in [5.41, 5.74) is 3.39. The Morgan fingerprint density at radius 1 is 1.09 bits per heavy atom. The van der Waals surface area contributed by atoms with Gasteiger partial charge in [0.05, 0.1) is 12.2 Å². The molecule has 176 valence electrons. The molecule has 1 saturated carbocycles. The fourth-order valence-corrected chi connectivity index (χ4v) is 5.21. The van der Waals surface area contributed by atoms with Gasteiger partial charge in [0.1, 0.15) is 6.73 Å². The number of hydrogen-bond acceptors (Lipinski definition) is 4. The van der Waals surface area contributed by atoms with Crippen LogP contribution in [0.2, 0.25) is 25.7 Å². The molecule has 1 fully saturated rings. The van der Waals surface area contributed by atoms with Gasteiger partial charge >= 0.3 is 0 Å². The summed E-state index contributed by atoms with van der Waals surface area (Å²) in [5.74, 6) is 0.684.